The molecule has 0 fully saturated rings. The Kier molecular flexibility index (Phi) is 6.83. The van der Waals surface area contributed by atoms with Crippen LogP contribution in [0.15, 0.2) is 11.6 Å². The van der Waals surface area contributed by atoms with Crippen LogP contribution in [0.5, 0.6) is 0 Å². The zero-order valence-electron chi connectivity index (χ0n) is 7.93. The first-order chi connectivity index (χ1) is 5.20. The third-order valence-corrected chi connectivity index (χ3v) is 2.06. The minimum absolute atomic E-state index is 0.779. The molecule has 11 heavy (non-hydrogen) atoms. The summed E-state index contributed by atoms with van der Waals surface area (Å²) in [7, 11) is 0. The Balaban J connectivity index is 3.70. The number of hydrogen-bond acceptors (Lipinski definition) is 1. The van der Waals surface area contributed by atoms with Crippen molar-refractivity contribution in [3.63, 3.8) is 0 Å². The number of thiol groups is 1. The quantitative estimate of drug-likeness (QED) is 0.474. The largest absolute Gasteiger partial charge is 0.175 e. The summed E-state index contributed by atoms with van der Waals surface area (Å²) in [6.07, 6.45) is 6.01. The van der Waals surface area contributed by atoms with E-state index in [2.05, 4.69) is 39.5 Å². The molecule has 0 heterocycles. The Bertz CT molecular complexity index is 114. The van der Waals surface area contributed by atoms with Gasteiger partial charge in [0.05, 0.1) is 0 Å². The van der Waals surface area contributed by atoms with Gasteiger partial charge in [-0.05, 0) is 18.8 Å². The molecular weight excluding hydrogens is 152 g/mol. The van der Waals surface area contributed by atoms with Crippen LogP contribution in [-0.2, 0) is 0 Å². The molecule has 0 spiro atoms. The van der Waals surface area contributed by atoms with Crippen LogP contribution >= 0.6 is 12.6 Å². The number of allylic oxidation sites excluding steroid dienone is 1. The summed E-state index contributed by atoms with van der Waals surface area (Å²) in [6, 6.07) is 0. The summed E-state index contributed by atoms with van der Waals surface area (Å²) in [4.78, 5) is 0. The summed E-state index contributed by atoms with van der Waals surface area (Å²) in [5.74, 6) is 1.71. The predicted molar refractivity (Wildman–Crippen MR) is 56.3 cm³/mol. The highest BCUT2D eigenvalue weighted by Gasteiger charge is 1.94. The van der Waals surface area contributed by atoms with Crippen molar-refractivity contribution in [3.8, 4) is 0 Å². The average Bonchev–Trinajstić information content (AvgIpc) is 1.97. The molecule has 0 aromatic rings. The summed E-state index contributed by atoms with van der Waals surface area (Å²) in [5, 5.41) is 0. The molecule has 0 saturated carbocycles. The maximum absolute atomic E-state index is 4.28. The monoisotopic (exact) mass is 172 g/mol. The van der Waals surface area contributed by atoms with Crippen molar-refractivity contribution >= 4 is 12.6 Å². The van der Waals surface area contributed by atoms with E-state index in [9.17, 15) is 0 Å². The fourth-order valence-corrected chi connectivity index (χ4v) is 1.26. The van der Waals surface area contributed by atoms with Gasteiger partial charge in [0.2, 0.25) is 0 Å². The summed E-state index contributed by atoms with van der Waals surface area (Å²) < 4.78 is 0. The van der Waals surface area contributed by atoms with Crippen LogP contribution in [0.4, 0.5) is 0 Å². The Morgan fingerprint density at radius 3 is 2.45 bits per heavy atom. The molecular formula is C10H20S. The van der Waals surface area contributed by atoms with Gasteiger partial charge < -0.3 is 0 Å². The second kappa shape index (κ2) is 6.78. The second-order valence-corrected chi connectivity index (χ2v) is 3.72. The van der Waals surface area contributed by atoms with Gasteiger partial charge in [0.1, 0.15) is 0 Å². The van der Waals surface area contributed by atoms with Gasteiger partial charge in [-0.15, -0.1) is 0 Å². The third-order valence-electron chi connectivity index (χ3n) is 1.65. The van der Waals surface area contributed by atoms with Gasteiger partial charge in [-0.2, -0.15) is 12.6 Å². The number of hydrogen-bond donors (Lipinski definition) is 1. The van der Waals surface area contributed by atoms with Gasteiger partial charge in [-0.25, -0.2) is 0 Å². The van der Waals surface area contributed by atoms with Crippen LogP contribution < -0.4 is 0 Å². The molecule has 0 unspecified atom stereocenters. The zero-order chi connectivity index (χ0) is 8.69. The van der Waals surface area contributed by atoms with E-state index in [0.29, 0.717) is 0 Å². The van der Waals surface area contributed by atoms with E-state index < -0.39 is 0 Å². The van der Waals surface area contributed by atoms with Crippen LogP contribution in [0.2, 0.25) is 0 Å². The van der Waals surface area contributed by atoms with Crippen LogP contribution in [-0.4, -0.2) is 5.75 Å². The second-order valence-electron chi connectivity index (χ2n) is 3.40. The first-order valence-corrected chi connectivity index (χ1v) is 5.12. The van der Waals surface area contributed by atoms with Crippen LogP contribution in [0.25, 0.3) is 0 Å². The van der Waals surface area contributed by atoms with Gasteiger partial charge in [0, 0.05) is 5.75 Å². The van der Waals surface area contributed by atoms with E-state index in [1.54, 1.807) is 0 Å². The molecule has 0 radical (unpaired) electrons. The lowest BCUT2D eigenvalue weighted by molar-refractivity contribution is 0.659. The molecule has 66 valence electrons. The van der Waals surface area contributed by atoms with Crippen molar-refractivity contribution in [2.45, 2.75) is 40.0 Å². The van der Waals surface area contributed by atoms with Crippen LogP contribution in [0, 0.1) is 5.92 Å². The molecule has 0 amide bonds. The Labute approximate surface area is 76.5 Å². The first-order valence-electron chi connectivity index (χ1n) is 4.49. The molecule has 0 bridgehead atoms. The Morgan fingerprint density at radius 1 is 1.45 bits per heavy atom. The minimum Gasteiger partial charge on any atom is -0.175 e. The van der Waals surface area contributed by atoms with Crippen molar-refractivity contribution in [1.29, 1.82) is 0 Å². The molecule has 0 aliphatic rings. The summed E-state index contributed by atoms with van der Waals surface area (Å²) >= 11 is 4.28. The van der Waals surface area contributed by atoms with E-state index in [1.807, 2.05) is 0 Å². The molecule has 0 atom stereocenters. The highest BCUT2D eigenvalue weighted by atomic mass is 32.1. The Hall–Kier alpha value is 0.0900. The maximum Gasteiger partial charge on any atom is 0.0112 e. The van der Waals surface area contributed by atoms with Crippen molar-refractivity contribution in [3.05, 3.63) is 11.6 Å². The molecule has 1 heteroatoms. The van der Waals surface area contributed by atoms with Crippen molar-refractivity contribution in [2.75, 3.05) is 5.75 Å². The number of rotatable bonds is 5. The van der Waals surface area contributed by atoms with Crippen LogP contribution in [0.3, 0.4) is 0 Å². The summed E-state index contributed by atoms with van der Waals surface area (Å²) in [5.41, 5.74) is 1.50. The molecule has 0 aromatic carbocycles. The molecule has 0 saturated heterocycles. The lowest BCUT2D eigenvalue weighted by atomic mass is 10.1. The molecule has 0 rings (SSSR count). The molecule has 0 aliphatic carbocycles. The SMILES string of the molecule is CCC/C(=C\CC(C)C)CS. The van der Waals surface area contributed by atoms with Crippen molar-refractivity contribution in [2.24, 2.45) is 5.92 Å². The standard InChI is InChI=1S/C10H20S/c1-4-5-10(8-11)7-6-9(2)3/h7,9,11H,4-6,8H2,1-3H3/b10-7+. The van der Waals surface area contributed by atoms with Crippen LogP contribution in [0.1, 0.15) is 40.0 Å². The van der Waals surface area contributed by atoms with E-state index in [1.165, 1.54) is 24.8 Å². The van der Waals surface area contributed by atoms with E-state index in [-0.39, 0.29) is 0 Å². The van der Waals surface area contributed by atoms with Gasteiger partial charge in [0.25, 0.3) is 0 Å². The average molecular weight is 172 g/mol. The molecule has 0 aromatic heterocycles. The highest BCUT2D eigenvalue weighted by molar-refractivity contribution is 7.80. The molecule has 0 N–H and O–H groups in total. The highest BCUT2D eigenvalue weighted by Crippen LogP contribution is 2.10. The lowest BCUT2D eigenvalue weighted by Crippen LogP contribution is -1.88. The van der Waals surface area contributed by atoms with Gasteiger partial charge >= 0.3 is 0 Å². The van der Waals surface area contributed by atoms with E-state index >= 15 is 0 Å². The first kappa shape index (κ1) is 11.1. The van der Waals surface area contributed by atoms with Crippen molar-refractivity contribution < 1.29 is 0 Å². The summed E-state index contributed by atoms with van der Waals surface area (Å²) in [6.45, 7) is 6.71. The lowest BCUT2D eigenvalue weighted by Gasteiger charge is -2.03. The minimum atomic E-state index is 0.779. The van der Waals surface area contributed by atoms with Gasteiger partial charge in [0.15, 0.2) is 0 Å². The van der Waals surface area contributed by atoms with E-state index in [0.717, 1.165) is 11.7 Å². The maximum atomic E-state index is 4.28. The molecule has 0 aliphatic heterocycles. The van der Waals surface area contributed by atoms with Crippen molar-refractivity contribution in [1.82, 2.24) is 0 Å². The van der Waals surface area contributed by atoms with Gasteiger partial charge in [-0.1, -0.05) is 38.8 Å². The zero-order valence-corrected chi connectivity index (χ0v) is 8.82. The predicted octanol–water partition coefficient (Wildman–Crippen LogP) is 3.69. The van der Waals surface area contributed by atoms with Gasteiger partial charge in [-0.3, -0.25) is 0 Å². The molecule has 0 nitrogen and oxygen atoms in total. The fraction of sp³-hybridized carbons (Fsp3) is 0.800. The fourth-order valence-electron chi connectivity index (χ4n) is 0.969. The smallest absolute Gasteiger partial charge is 0.0112 e. The Morgan fingerprint density at radius 2 is 2.09 bits per heavy atom. The normalized spacial score (nSPS) is 12.6. The van der Waals surface area contributed by atoms with E-state index in [4.69, 9.17) is 0 Å². The third kappa shape index (κ3) is 6.49. The topological polar surface area (TPSA) is 0 Å².